The van der Waals surface area contributed by atoms with Gasteiger partial charge in [0, 0.05) is 54.4 Å². The van der Waals surface area contributed by atoms with Crippen LogP contribution in [-0.4, -0.2) is 49.8 Å². The Labute approximate surface area is 194 Å². The summed E-state index contributed by atoms with van der Waals surface area (Å²) in [5.74, 6) is -0.402. The summed E-state index contributed by atoms with van der Waals surface area (Å²) in [7, 11) is 0. The molecule has 1 fully saturated rings. The summed E-state index contributed by atoms with van der Waals surface area (Å²) in [4.78, 5) is 27.9. The first-order valence-electron chi connectivity index (χ1n) is 11.2. The molecule has 2 aromatic carbocycles. The topological polar surface area (TPSA) is 66.6 Å². The molecule has 0 radical (unpaired) electrons. The van der Waals surface area contributed by atoms with E-state index in [-0.39, 0.29) is 5.41 Å². The lowest BCUT2D eigenvalue weighted by Crippen LogP contribution is -2.47. The minimum absolute atomic E-state index is 0.282. The van der Waals surface area contributed by atoms with Crippen LogP contribution in [0, 0.1) is 5.41 Å². The Bertz CT molecular complexity index is 1010. The Kier molecular flexibility index (Phi) is 6.68. The molecule has 0 spiro atoms. The van der Waals surface area contributed by atoms with Crippen LogP contribution in [0.25, 0.3) is 5.57 Å². The highest BCUT2D eigenvalue weighted by Gasteiger charge is 2.32. The summed E-state index contributed by atoms with van der Waals surface area (Å²) >= 11 is 6.10. The maximum Gasteiger partial charge on any atom is 0.248 e. The summed E-state index contributed by atoms with van der Waals surface area (Å²) in [6, 6.07) is 15.6. The summed E-state index contributed by atoms with van der Waals surface area (Å²) in [5.41, 5.74) is 10.7. The van der Waals surface area contributed by atoms with Gasteiger partial charge in [0.1, 0.15) is 6.29 Å². The summed E-state index contributed by atoms with van der Waals surface area (Å²) in [5, 5.41) is 0.740. The summed E-state index contributed by atoms with van der Waals surface area (Å²) < 4.78 is 0. The number of carbonyl (C=O) groups is 2. The molecule has 1 heterocycles. The zero-order valence-electron chi connectivity index (χ0n) is 18.5. The predicted octanol–water partition coefficient (Wildman–Crippen LogP) is 4.40. The third kappa shape index (κ3) is 5.05. The van der Waals surface area contributed by atoms with Crippen LogP contribution in [0.2, 0.25) is 5.02 Å². The number of halogens is 1. The van der Waals surface area contributed by atoms with Crippen molar-refractivity contribution in [2.75, 3.05) is 37.6 Å². The first-order valence-corrected chi connectivity index (χ1v) is 11.5. The lowest BCUT2D eigenvalue weighted by Gasteiger charge is -2.39. The summed E-state index contributed by atoms with van der Waals surface area (Å²) in [6.45, 7) is 6.70. The van der Waals surface area contributed by atoms with Crippen molar-refractivity contribution in [2.45, 2.75) is 26.2 Å². The first-order chi connectivity index (χ1) is 15.4. The lowest BCUT2D eigenvalue weighted by atomic mass is 9.72. The van der Waals surface area contributed by atoms with Crippen molar-refractivity contribution in [3.05, 3.63) is 70.3 Å². The monoisotopic (exact) mass is 451 g/mol. The number of anilines is 1. The van der Waals surface area contributed by atoms with Gasteiger partial charge >= 0.3 is 0 Å². The zero-order valence-corrected chi connectivity index (χ0v) is 19.3. The molecule has 1 saturated heterocycles. The van der Waals surface area contributed by atoms with Gasteiger partial charge in [-0.3, -0.25) is 9.69 Å². The number of primary amides is 1. The minimum atomic E-state index is -0.402. The van der Waals surface area contributed by atoms with Crippen molar-refractivity contribution in [2.24, 2.45) is 11.1 Å². The van der Waals surface area contributed by atoms with Crippen LogP contribution in [-0.2, 0) is 4.79 Å². The van der Waals surface area contributed by atoms with Crippen LogP contribution in [0.15, 0.2) is 54.1 Å². The van der Waals surface area contributed by atoms with Crippen molar-refractivity contribution in [3.8, 4) is 0 Å². The fourth-order valence-electron chi connectivity index (χ4n) is 4.79. The highest BCUT2D eigenvalue weighted by atomic mass is 35.5. The molecular weight excluding hydrogens is 422 g/mol. The Hall–Kier alpha value is -2.63. The number of allylic oxidation sites excluding steroid dienone is 1. The van der Waals surface area contributed by atoms with Gasteiger partial charge in [0.2, 0.25) is 5.91 Å². The largest absolute Gasteiger partial charge is 0.369 e. The maximum absolute atomic E-state index is 11.8. The second kappa shape index (κ2) is 9.47. The number of hydrogen-bond acceptors (Lipinski definition) is 4. The number of carbonyl (C=O) groups excluding carboxylic acids is 2. The van der Waals surface area contributed by atoms with Crippen LogP contribution >= 0.6 is 11.6 Å². The van der Waals surface area contributed by atoms with Gasteiger partial charge < -0.3 is 15.4 Å². The number of rotatable bonds is 6. The number of nitrogens with two attached hydrogens (primary N) is 1. The van der Waals surface area contributed by atoms with E-state index < -0.39 is 5.91 Å². The highest BCUT2D eigenvalue weighted by molar-refractivity contribution is 6.30. The molecule has 2 aromatic rings. The number of piperazine rings is 1. The van der Waals surface area contributed by atoms with Crippen LogP contribution in [0.4, 0.5) is 5.69 Å². The third-order valence-electron chi connectivity index (χ3n) is 6.77. The Morgan fingerprint density at radius 1 is 1.06 bits per heavy atom. The van der Waals surface area contributed by atoms with E-state index in [0.29, 0.717) is 5.56 Å². The fraction of sp³-hybridized carbons (Fsp3) is 0.385. The molecule has 0 bridgehead atoms. The van der Waals surface area contributed by atoms with Gasteiger partial charge in [-0.2, -0.15) is 0 Å². The molecule has 168 valence electrons. The Balaban J connectivity index is 1.47. The molecule has 2 N–H and O–H groups in total. The van der Waals surface area contributed by atoms with Crippen LogP contribution in [0.1, 0.15) is 42.1 Å². The molecule has 1 aliphatic heterocycles. The van der Waals surface area contributed by atoms with Gasteiger partial charge in [-0.1, -0.05) is 36.2 Å². The van der Waals surface area contributed by atoms with Crippen LogP contribution in [0.3, 0.4) is 0 Å². The van der Waals surface area contributed by atoms with E-state index in [2.05, 4.69) is 28.9 Å². The normalized spacial score (nSPS) is 22.1. The van der Waals surface area contributed by atoms with E-state index >= 15 is 0 Å². The van der Waals surface area contributed by atoms with Gasteiger partial charge in [-0.05, 0) is 66.8 Å². The van der Waals surface area contributed by atoms with E-state index in [9.17, 15) is 9.59 Å². The fourth-order valence-corrected chi connectivity index (χ4v) is 4.92. The highest BCUT2D eigenvalue weighted by Crippen LogP contribution is 2.42. The van der Waals surface area contributed by atoms with E-state index in [4.69, 9.17) is 17.3 Å². The molecule has 0 saturated carbocycles. The minimum Gasteiger partial charge on any atom is -0.369 e. The second-order valence-corrected chi connectivity index (χ2v) is 9.65. The molecule has 6 heteroatoms. The van der Waals surface area contributed by atoms with Gasteiger partial charge in [0.05, 0.1) is 0 Å². The second-order valence-electron chi connectivity index (χ2n) is 9.21. The quantitative estimate of drug-likeness (QED) is 0.661. The lowest BCUT2D eigenvalue weighted by molar-refractivity contribution is -0.115. The zero-order chi connectivity index (χ0) is 22.7. The number of nitrogens with zero attached hydrogens (tertiary/aromatic N) is 2. The van der Waals surface area contributed by atoms with E-state index in [1.54, 1.807) is 12.1 Å². The van der Waals surface area contributed by atoms with Gasteiger partial charge in [0.25, 0.3) is 0 Å². The molecule has 0 aromatic heterocycles. The molecule has 1 unspecified atom stereocenters. The third-order valence-corrected chi connectivity index (χ3v) is 7.02. The number of amides is 1. The number of benzene rings is 2. The van der Waals surface area contributed by atoms with E-state index in [0.717, 1.165) is 69.0 Å². The van der Waals surface area contributed by atoms with Crippen LogP contribution < -0.4 is 10.6 Å². The van der Waals surface area contributed by atoms with Crippen molar-refractivity contribution in [1.82, 2.24) is 4.90 Å². The SMILES string of the molecule is CC1(C=O)CCC(c2ccc(Cl)cc2)=C(CN2CCN(c3ccc(C(N)=O)cc3)CC2)C1. The molecule has 1 aliphatic carbocycles. The van der Waals surface area contributed by atoms with Crippen molar-refractivity contribution in [1.29, 1.82) is 0 Å². The average Bonchev–Trinajstić information content (AvgIpc) is 2.81. The van der Waals surface area contributed by atoms with Crippen molar-refractivity contribution in [3.63, 3.8) is 0 Å². The molecule has 1 amide bonds. The summed E-state index contributed by atoms with van der Waals surface area (Å²) in [6.07, 6.45) is 3.74. The molecule has 1 atom stereocenters. The first kappa shape index (κ1) is 22.6. The van der Waals surface area contributed by atoms with Gasteiger partial charge in [0.15, 0.2) is 0 Å². The number of hydrogen-bond donors (Lipinski definition) is 1. The Morgan fingerprint density at radius 2 is 1.72 bits per heavy atom. The molecule has 2 aliphatic rings. The maximum atomic E-state index is 11.8. The molecule has 32 heavy (non-hydrogen) atoms. The Morgan fingerprint density at radius 3 is 2.31 bits per heavy atom. The van der Waals surface area contributed by atoms with Crippen molar-refractivity contribution < 1.29 is 9.59 Å². The van der Waals surface area contributed by atoms with E-state index in [1.165, 1.54) is 16.7 Å². The smallest absolute Gasteiger partial charge is 0.248 e. The standard InChI is InChI=1S/C26H30ClN3O2/c1-26(18-31)11-10-24(19-2-6-22(27)7-3-19)21(16-26)17-29-12-14-30(15-13-29)23-8-4-20(5-9-23)25(28)32/h2-9,18H,10-17H2,1H3,(H2,28,32). The molecule has 4 rings (SSSR count). The van der Waals surface area contributed by atoms with Crippen LogP contribution in [0.5, 0.6) is 0 Å². The molecular formula is C26H30ClN3O2. The van der Waals surface area contributed by atoms with Crippen molar-refractivity contribution >= 4 is 35.1 Å². The van der Waals surface area contributed by atoms with Gasteiger partial charge in [-0.25, -0.2) is 0 Å². The molecule has 5 nitrogen and oxygen atoms in total. The van der Waals surface area contributed by atoms with Gasteiger partial charge in [-0.15, -0.1) is 0 Å². The average molecular weight is 452 g/mol. The predicted molar refractivity (Wildman–Crippen MR) is 130 cm³/mol. The number of aldehydes is 1. The van der Waals surface area contributed by atoms with E-state index in [1.807, 2.05) is 24.3 Å².